The Hall–Kier alpha value is -1.59. The molecule has 0 radical (unpaired) electrons. The van der Waals surface area contributed by atoms with Crippen molar-refractivity contribution < 1.29 is 13.2 Å². The standard InChI is InChI=1S/C16H14O3S2/c17-16(12-4-2-1-3-5-12)13-6-8-15(9-7-13)21(18,19)11-14-10-20-14/h1-9,14H,10-11H2. The zero-order valence-corrected chi connectivity index (χ0v) is 12.9. The molecule has 0 spiro atoms. The molecule has 0 aromatic heterocycles. The molecule has 108 valence electrons. The Bertz CT molecular complexity index is 746. The molecule has 1 unspecified atom stereocenters. The van der Waals surface area contributed by atoms with Crippen molar-refractivity contribution in [3.8, 4) is 0 Å². The Balaban J connectivity index is 1.82. The summed E-state index contributed by atoms with van der Waals surface area (Å²) in [7, 11) is -3.24. The fourth-order valence-electron chi connectivity index (χ4n) is 2.08. The number of sulfone groups is 1. The molecule has 1 fully saturated rings. The minimum absolute atomic E-state index is 0.0997. The van der Waals surface area contributed by atoms with Crippen LogP contribution in [0.2, 0.25) is 0 Å². The minimum Gasteiger partial charge on any atom is -0.289 e. The molecule has 1 heterocycles. The van der Waals surface area contributed by atoms with E-state index < -0.39 is 9.84 Å². The summed E-state index contributed by atoms with van der Waals surface area (Å²) in [4.78, 5) is 12.5. The van der Waals surface area contributed by atoms with Gasteiger partial charge in [0.1, 0.15) is 0 Å². The van der Waals surface area contributed by atoms with Crippen LogP contribution in [0.3, 0.4) is 0 Å². The molecule has 2 aromatic carbocycles. The smallest absolute Gasteiger partial charge is 0.193 e. The van der Waals surface area contributed by atoms with Crippen LogP contribution >= 0.6 is 11.8 Å². The summed E-state index contributed by atoms with van der Waals surface area (Å²) in [6.07, 6.45) is 0. The van der Waals surface area contributed by atoms with Gasteiger partial charge in [0, 0.05) is 22.1 Å². The van der Waals surface area contributed by atoms with Gasteiger partial charge < -0.3 is 0 Å². The van der Waals surface area contributed by atoms with Gasteiger partial charge in [0.2, 0.25) is 0 Å². The fraction of sp³-hybridized carbons (Fsp3) is 0.188. The van der Waals surface area contributed by atoms with Crippen molar-refractivity contribution in [2.24, 2.45) is 0 Å². The van der Waals surface area contributed by atoms with Gasteiger partial charge in [0.05, 0.1) is 10.6 Å². The van der Waals surface area contributed by atoms with Gasteiger partial charge in [0.15, 0.2) is 15.6 Å². The summed E-state index contributed by atoms with van der Waals surface area (Å²) >= 11 is 1.66. The second-order valence-electron chi connectivity index (χ2n) is 4.96. The first kappa shape index (κ1) is 14.4. The van der Waals surface area contributed by atoms with Gasteiger partial charge in [-0.15, -0.1) is 0 Å². The number of benzene rings is 2. The van der Waals surface area contributed by atoms with Crippen molar-refractivity contribution in [1.29, 1.82) is 0 Å². The number of carbonyl (C=O) groups is 1. The summed E-state index contributed by atoms with van der Waals surface area (Å²) in [5.41, 5.74) is 1.10. The maximum absolute atomic E-state index is 12.2. The molecule has 1 saturated heterocycles. The molecule has 1 aliphatic heterocycles. The minimum atomic E-state index is -3.24. The summed E-state index contributed by atoms with van der Waals surface area (Å²) in [5.74, 6) is 1.00. The molecule has 2 aromatic rings. The van der Waals surface area contributed by atoms with Crippen LogP contribution in [0.5, 0.6) is 0 Å². The summed E-state index contributed by atoms with van der Waals surface area (Å²) < 4.78 is 24.3. The number of hydrogen-bond donors (Lipinski definition) is 0. The first-order chi connectivity index (χ1) is 10.1. The van der Waals surface area contributed by atoms with E-state index in [1.54, 1.807) is 48.2 Å². The predicted molar refractivity (Wildman–Crippen MR) is 84.6 cm³/mol. The molecular formula is C16H14O3S2. The lowest BCUT2D eigenvalue weighted by molar-refractivity contribution is 0.103. The van der Waals surface area contributed by atoms with Crippen LogP contribution in [0.25, 0.3) is 0 Å². The van der Waals surface area contributed by atoms with Crippen molar-refractivity contribution >= 4 is 27.4 Å². The summed E-state index contributed by atoms with van der Waals surface area (Å²) in [6, 6.07) is 15.2. The summed E-state index contributed by atoms with van der Waals surface area (Å²) in [5, 5.41) is 0.237. The zero-order valence-electron chi connectivity index (χ0n) is 11.2. The van der Waals surface area contributed by atoms with Crippen LogP contribution in [-0.2, 0) is 9.84 Å². The maximum Gasteiger partial charge on any atom is 0.193 e. The molecule has 0 bridgehead atoms. The van der Waals surface area contributed by atoms with E-state index in [1.807, 2.05) is 6.07 Å². The highest BCUT2D eigenvalue weighted by Crippen LogP contribution is 2.32. The van der Waals surface area contributed by atoms with E-state index in [1.165, 1.54) is 12.1 Å². The molecule has 1 atom stereocenters. The molecule has 21 heavy (non-hydrogen) atoms. The third kappa shape index (κ3) is 3.36. The van der Waals surface area contributed by atoms with Crippen molar-refractivity contribution in [2.45, 2.75) is 10.1 Å². The number of carbonyl (C=O) groups excluding carboxylic acids is 1. The van der Waals surface area contributed by atoms with Crippen LogP contribution in [0.1, 0.15) is 15.9 Å². The van der Waals surface area contributed by atoms with Gasteiger partial charge in [-0.25, -0.2) is 8.42 Å². The molecule has 1 aliphatic rings. The fourth-order valence-corrected chi connectivity index (χ4v) is 4.75. The van der Waals surface area contributed by atoms with Crippen LogP contribution in [0, 0.1) is 0 Å². The molecule has 0 saturated carbocycles. The lowest BCUT2D eigenvalue weighted by atomic mass is 10.0. The summed E-state index contributed by atoms with van der Waals surface area (Å²) in [6.45, 7) is 0. The molecule has 0 aliphatic carbocycles. The van der Waals surface area contributed by atoms with Gasteiger partial charge >= 0.3 is 0 Å². The van der Waals surface area contributed by atoms with E-state index in [9.17, 15) is 13.2 Å². The Morgan fingerprint density at radius 2 is 1.57 bits per heavy atom. The van der Waals surface area contributed by atoms with Gasteiger partial charge in [-0.1, -0.05) is 30.3 Å². The normalized spacial score (nSPS) is 17.4. The van der Waals surface area contributed by atoms with Gasteiger partial charge in [-0.2, -0.15) is 11.8 Å². The van der Waals surface area contributed by atoms with Gasteiger partial charge in [-0.05, 0) is 24.3 Å². The van der Waals surface area contributed by atoms with E-state index in [4.69, 9.17) is 0 Å². The first-order valence-electron chi connectivity index (χ1n) is 6.60. The lowest BCUT2D eigenvalue weighted by Crippen LogP contribution is -2.11. The monoisotopic (exact) mass is 318 g/mol. The first-order valence-corrected chi connectivity index (χ1v) is 9.30. The van der Waals surface area contributed by atoms with Crippen molar-refractivity contribution in [1.82, 2.24) is 0 Å². The molecule has 0 amide bonds. The van der Waals surface area contributed by atoms with E-state index >= 15 is 0 Å². The van der Waals surface area contributed by atoms with Gasteiger partial charge in [0.25, 0.3) is 0 Å². The topological polar surface area (TPSA) is 51.2 Å². The molecular weight excluding hydrogens is 304 g/mol. The maximum atomic E-state index is 12.2. The number of rotatable bonds is 5. The van der Waals surface area contributed by atoms with Crippen molar-refractivity contribution in [2.75, 3.05) is 11.5 Å². The number of ketones is 1. The molecule has 0 N–H and O–H groups in total. The third-order valence-electron chi connectivity index (χ3n) is 3.32. The molecule has 3 nitrogen and oxygen atoms in total. The number of hydrogen-bond acceptors (Lipinski definition) is 4. The predicted octanol–water partition coefficient (Wildman–Crippen LogP) is 2.81. The third-order valence-corrected chi connectivity index (χ3v) is 6.33. The van der Waals surface area contributed by atoms with Crippen LogP contribution in [0.4, 0.5) is 0 Å². The van der Waals surface area contributed by atoms with Crippen molar-refractivity contribution in [3.63, 3.8) is 0 Å². The van der Waals surface area contributed by atoms with Crippen molar-refractivity contribution in [3.05, 3.63) is 65.7 Å². The highest BCUT2D eigenvalue weighted by Gasteiger charge is 2.29. The van der Waals surface area contributed by atoms with E-state index in [0.717, 1.165) is 5.75 Å². The zero-order chi connectivity index (χ0) is 14.9. The highest BCUT2D eigenvalue weighted by molar-refractivity contribution is 8.08. The highest BCUT2D eigenvalue weighted by atomic mass is 32.2. The van der Waals surface area contributed by atoms with E-state index in [2.05, 4.69) is 0 Å². The van der Waals surface area contributed by atoms with Crippen LogP contribution < -0.4 is 0 Å². The second kappa shape index (κ2) is 5.66. The average Bonchev–Trinajstić information content (AvgIpc) is 3.31. The average molecular weight is 318 g/mol. The molecule has 3 rings (SSSR count). The Morgan fingerprint density at radius 1 is 1.00 bits per heavy atom. The van der Waals surface area contributed by atoms with Crippen LogP contribution in [-0.4, -0.2) is 31.0 Å². The van der Waals surface area contributed by atoms with Crippen LogP contribution in [0.15, 0.2) is 59.5 Å². The Kier molecular flexibility index (Phi) is 3.87. The quantitative estimate of drug-likeness (QED) is 0.628. The number of thioether (sulfide) groups is 1. The Labute approximate surface area is 128 Å². The van der Waals surface area contributed by atoms with E-state index in [-0.39, 0.29) is 16.8 Å². The molecule has 5 heteroatoms. The van der Waals surface area contributed by atoms with Gasteiger partial charge in [-0.3, -0.25) is 4.79 Å². The largest absolute Gasteiger partial charge is 0.289 e. The SMILES string of the molecule is O=C(c1ccccc1)c1ccc(S(=O)(=O)CC2CS2)cc1. The van der Waals surface area contributed by atoms with E-state index in [0.29, 0.717) is 16.0 Å². The lowest BCUT2D eigenvalue weighted by Gasteiger charge is -2.05. The second-order valence-corrected chi connectivity index (χ2v) is 8.32. The Morgan fingerprint density at radius 3 is 2.14 bits per heavy atom.